The summed E-state index contributed by atoms with van der Waals surface area (Å²) in [4.78, 5) is 34.2. The molecule has 4 N–H and O–H groups in total. The van der Waals surface area contributed by atoms with Gasteiger partial charge in [-0.1, -0.05) is 44.2 Å². The van der Waals surface area contributed by atoms with Gasteiger partial charge in [0.1, 0.15) is 6.04 Å². The zero-order valence-electron chi connectivity index (χ0n) is 20.5. The number of anilines is 1. The van der Waals surface area contributed by atoms with Crippen molar-refractivity contribution in [1.29, 1.82) is 0 Å². The summed E-state index contributed by atoms with van der Waals surface area (Å²) < 4.78 is 0. The van der Waals surface area contributed by atoms with Gasteiger partial charge in [-0.25, -0.2) is 4.98 Å². The first-order valence-electron chi connectivity index (χ1n) is 11.7. The zero-order chi connectivity index (χ0) is 25.7. The number of nitrogens with zero attached hydrogens (tertiary/aromatic N) is 2. The molecule has 0 saturated heterocycles. The van der Waals surface area contributed by atoms with Crippen LogP contribution in [0.3, 0.4) is 0 Å². The summed E-state index contributed by atoms with van der Waals surface area (Å²) >= 11 is 1.34. The van der Waals surface area contributed by atoms with E-state index in [1.165, 1.54) is 11.3 Å². The second-order valence-corrected chi connectivity index (χ2v) is 10.1. The van der Waals surface area contributed by atoms with Crippen molar-refractivity contribution in [3.05, 3.63) is 89.6 Å². The molecule has 0 aliphatic carbocycles. The van der Waals surface area contributed by atoms with E-state index in [0.29, 0.717) is 17.2 Å². The van der Waals surface area contributed by atoms with Gasteiger partial charge >= 0.3 is 0 Å². The van der Waals surface area contributed by atoms with E-state index in [1.807, 2.05) is 67.8 Å². The van der Waals surface area contributed by atoms with E-state index in [-0.39, 0.29) is 17.2 Å². The Labute approximate surface area is 214 Å². The Kier molecular flexibility index (Phi) is 7.57. The number of benzene rings is 2. The Bertz CT molecular complexity index is 1370. The summed E-state index contributed by atoms with van der Waals surface area (Å²) in [5.74, 6) is -0.659. The maximum absolute atomic E-state index is 12.8. The number of carbonyl (C=O) groups excluding carboxylic acids is 2. The molecule has 1 atom stereocenters. The van der Waals surface area contributed by atoms with Gasteiger partial charge in [0.25, 0.3) is 5.91 Å². The number of hydrogen-bond acceptors (Lipinski definition) is 6. The number of pyridine rings is 1. The van der Waals surface area contributed by atoms with Gasteiger partial charge in [0.15, 0.2) is 5.13 Å². The molecule has 4 aromatic rings. The molecule has 1 unspecified atom stereocenters. The molecule has 7 nitrogen and oxygen atoms in total. The maximum atomic E-state index is 12.8. The van der Waals surface area contributed by atoms with Crippen molar-refractivity contribution in [1.82, 2.24) is 15.3 Å². The lowest BCUT2D eigenvalue weighted by Crippen LogP contribution is -2.41. The molecular formula is C28H29N5O2S. The average molecular weight is 500 g/mol. The van der Waals surface area contributed by atoms with Gasteiger partial charge < -0.3 is 16.4 Å². The first kappa shape index (κ1) is 25.2. The van der Waals surface area contributed by atoms with Crippen molar-refractivity contribution in [2.45, 2.75) is 32.2 Å². The molecule has 0 aliphatic rings. The molecule has 36 heavy (non-hydrogen) atoms. The van der Waals surface area contributed by atoms with Crippen LogP contribution in [0.15, 0.2) is 78.4 Å². The van der Waals surface area contributed by atoms with E-state index >= 15 is 0 Å². The number of nitrogens with one attached hydrogen (secondary N) is 2. The van der Waals surface area contributed by atoms with Crippen LogP contribution in [-0.4, -0.2) is 34.4 Å². The third-order valence-electron chi connectivity index (χ3n) is 6.06. The van der Waals surface area contributed by atoms with E-state index in [9.17, 15) is 9.59 Å². The number of thiazole rings is 1. The predicted octanol–water partition coefficient (Wildman–Crippen LogP) is 4.87. The van der Waals surface area contributed by atoms with E-state index in [2.05, 4.69) is 26.7 Å². The third-order valence-corrected chi connectivity index (χ3v) is 6.82. The highest BCUT2D eigenvalue weighted by molar-refractivity contribution is 7.14. The largest absolute Gasteiger partial charge is 0.341 e. The van der Waals surface area contributed by atoms with Gasteiger partial charge in [-0.3, -0.25) is 14.6 Å². The molecule has 0 bridgehead atoms. The quantitative estimate of drug-likeness (QED) is 0.321. The van der Waals surface area contributed by atoms with Crippen molar-refractivity contribution in [3.8, 4) is 22.4 Å². The Morgan fingerprint density at radius 3 is 2.47 bits per heavy atom. The average Bonchev–Trinajstić information content (AvgIpc) is 3.37. The van der Waals surface area contributed by atoms with Crippen LogP contribution in [0.4, 0.5) is 5.13 Å². The summed E-state index contributed by atoms with van der Waals surface area (Å²) in [6.45, 7) is 6.16. The molecule has 2 amide bonds. The summed E-state index contributed by atoms with van der Waals surface area (Å²) in [5.41, 5.74) is 10.9. The second-order valence-electron chi connectivity index (χ2n) is 9.21. The van der Waals surface area contributed by atoms with Crippen molar-refractivity contribution in [2.24, 2.45) is 5.73 Å². The number of amides is 2. The molecule has 8 heteroatoms. The lowest BCUT2D eigenvalue weighted by molar-refractivity contribution is -0.117. The van der Waals surface area contributed by atoms with Crippen molar-refractivity contribution in [2.75, 3.05) is 11.9 Å². The molecular weight excluding hydrogens is 470 g/mol. The van der Waals surface area contributed by atoms with Crippen LogP contribution in [-0.2, 0) is 10.2 Å². The second kappa shape index (κ2) is 10.8. The molecule has 0 fully saturated rings. The summed E-state index contributed by atoms with van der Waals surface area (Å²) in [6.07, 6.45) is 3.52. The molecule has 4 rings (SSSR count). The van der Waals surface area contributed by atoms with Crippen molar-refractivity contribution < 1.29 is 9.59 Å². The van der Waals surface area contributed by atoms with Gasteiger partial charge in [-0.15, -0.1) is 11.3 Å². The smallest absolute Gasteiger partial charge is 0.251 e. The molecule has 184 valence electrons. The summed E-state index contributed by atoms with van der Waals surface area (Å²) in [6, 6.07) is 18.5. The van der Waals surface area contributed by atoms with Crippen LogP contribution in [0.25, 0.3) is 22.4 Å². The summed E-state index contributed by atoms with van der Waals surface area (Å²) in [7, 11) is 0. The van der Waals surface area contributed by atoms with E-state index in [1.54, 1.807) is 25.4 Å². The van der Waals surface area contributed by atoms with Crippen LogP contribution in [0.1, 0.15) is 36.7 Å². The fraction of sp³-hybridized carbons (Fsp3) is 0.214. The lowest BCUT2D eigenvalue weighted by atomic mass is 9.84. The van der Waals surface area contributed by atoms with Gasteiger partial charge in [0.05, 0.1) is 5.69 Å². The van der Waals surface area contributed by atoms with E-state index in [0.717, 1.165) is 27.9 Å². The first-order valence-corrected chi connectivity index (χ1v) is 12.5. The van der Waals surface area contributed by atoms with Crippen molar-refractivity contribution >= 4 is 28.3 Å². The van der Waals surface area contributed by atoms with Crippen LogP contribution in [0.5, 0.6) is 0 Å². The Balaban J connectivity index is 1.40. The number of nitrogens with two attached hydrogens (primary N) is 1. The molecule has 0 saturated carbocycles. The van der Waals surface area contributed by atoms with Crippen LogP contribution in [0, 0.1) is 0 Å². The topological polar surface area (TPSA) is 110 Å². The normalized spacial score (nSPS) is 12.1. The SMILES string of the molecule is CC(NC(=O)c1cccc(C(C)(C)CN)c1)C(=O)Nc1nc(-c2cccc(-c3ccncc3)c2)cs1. The van der Waals surface area contributed by atoms with Crippen LogP contribution >= 0.6 is 11.3 Å². The summed E-state index contributed by atoms with van der Waals surface area (Å²) in [5, 5.41) is 7.94. The lowest BCUT2D eigenvalue weighted by Gasteiger charge is -2.23. The third kappa shape index (κ3) is 5.84. The zero-order valence-corrected chi connectivity index (χ0v) is 21.3. The van der Waals surface area contributed by atoms with Gasteiger partial charge in [0, 0.05) is 40.9 Å². The number of aromatic nitrogens is 2. The molecule has 0 aliphatic heterocycles. The van der Waals surface area contributed by atoms with Crippen LogP contribution < -0.4 is 16.4 Å². The molecule has 0 radical (unpaired) electrons. The molecule has 0 spiro atoms. The minimum Gasteiger partial charge on any atom is -0.341 e. The molecule has 2 aromatic heterocycles. The highest BCUT2D eigenvalue weighted by atomic mass is 32.1. The van der Waals surface area contributed by atoms with E-state index < -0.39 is 6.04 Å². The minimum absolute atomic E-state index is 0.250. The Morgan fingerprint density at radius 1 is 1.00 bits per heavy atom. The fourth-order valence-electron chi connectivity index (χ4n) is 3.62. The van der Waals surface area contributed by atoms with Gasteiger partial charge in [-0.05, 0) is 53.9 Å². The van der Waals surface area contributed by atoms with Crippen molar-refractivity contribution in [3.63, 3.8) is 0 Å². The Morgan fingerprint density at radius 2 is 1.72 bits per heavy atom. The Hall–Kier alpha value is -3.88. The standard InChI is InChI=1S/C28H29N5O2S/c1-18(31-26(35)22-8-5-9-23(15-22)28(2,3)17-29)25(34)33-27-32-24(16-36-27)21-7-4-6-20(14-21)19-10-12-30-13-11-19/h4-16,18H,17,29H2,1-3H3,(H,31,35)(H,32,33,34). The van der Waals surface area contributed by atoms with Crippen LogP contribution in [0.2, 0.25) is 0 Å². The number of rotatable bonds is 8. The van der Waals surface area contributed by atoms with E-state index in [4.69, 9.17) is 5.73 Å². The van der Waals surface area contributed by atoms with Gasteiger partial charge in [-0.2, -0.15) is 0 Å². The molecule has 2 aromatic carbocycles. The minimum atomic E-state index is -0.744. The fourth-order valence-corrected chi connectivity index (χ4v) is 4.35. The number of carbonyl (C=O) groups is 2. The highest BCUT2D eigenvalue weighted by Crippen LogP contribution is 2.29. The van der Waals surface area contributed by atoms with Gasteiger partial charge in [0.2, 0.25) is 5.91 Å². The maximum Gasteiger partial charge on any atom is 0.251 e. The highest BCUT2D eigenvalue weighted by Gasteiger charge is 2.22. The predicted molar refractivity (Wildman–Crippen MR) is 145 cm³/mol. The molecule has 2 heterocycles. The monoisotopic (exact) mass is 499 g/mol. The number of hydrogen-bond donors (Lipinski definition) is 3. The first-order chi connectivity index (χ1) is 17.3.